The van der Waals surface area contributed by atoms with Crippen molar-refractivity contribution in [3.05, 3.63) is 119 Å². The smallest absolute Gasteiger partial charge is 0.335 e. The van der Waals surface area contributed by atoms with Crippen molar-refractivity contribution in [2.45, 2.75) is 52.1 Å². The topological polar surface area (TPSA) is 172 Å². The summed E-state index contributed by atoms with van der Waals surface area (Å²) < 4.78 is 0. The van der Waals surface area contributed by atoms with Crippen LogP contribution >= 0.6 is 0 Å². The summed E-state index contributed by atoms with van der Waals surface area (Å²) in [5.74, 6) is -2.77. The van der Waals surface area contributed by atoms with Gasteiger partial charge in [-0.2, -0.15) is 0 Å². The van der Waals surface area contributed by atoms with E-state index in [1.54, 1.807) is 54.4 Å². The molecule has 5 aromatic rings. The summed E-state index contributed by atoms with van der Waals surface area (Å²) in [5.41, 5.74) is 4.71. The predicted molar refractivity (Wildman–Crippen MR) is 209 cm³/mol. The van der Waals surface area contributed by atoms with E-state index < -0.39 is 23.8 Å². The largest absolute Gasteiger partial charge is 0.481 e. The summed E-state index contributed by atoms with van der Waals surface area (Å²) in [6.07, 6.45) is 1.54. The standard InChI is InChI=1S/C42H45N5O7/c1-4-33(5-2)47(24-23-46(3)36(48)21-22-37(49)50)26-27-9-8-10-31(25-27)40(51)45-39-38(34-11-6-7-12-35(34)44-39)41(52)43-32-19-17-29(18-20-32)28-13-15-30(16-14-28)42(53)54/h6-20,25,33,44H,4-5,21-24,26H2,1-3H3,(H,43,52)(H,45,51)(H,49,50)(H,53,54). The summed E-state index contributed by atoms with van der Waals surface area (Å²) in [6, 6.07) is 28.6. The number of anilines is 2. The van der Waals surface area contributed by atoms with Crippen molar-refractivity contribution in [2.75, 3.05) is 30.8 Å². The second-order valence-corrected chi connectivity index (χ2v) is 13.1. The highest BCUT2D eigenvalue weighted by atomic mass is 16.4. The van der Waals surface area contributed by atoms with Crippen LogP contribution in [0.2, 0.25) is 0 Å². The van der Waals surface area contributed by atoms with Crippen LogP contribution in [-0.2, 0) is 16.1 Å². The van der Waals surface area contributed by atoms with Gasteiger partial charge in [-0.15, -0.1) is 0 Å². The van der Waals surface area contributed by atoms with Crippen LogP contribution in [0, 0.1) is 0 Å². The van der Waals surface area contributed by atoms with E-state index in [2.05, 4.69) is 34.4 Å². The van der Waals surface area contributed by atoms with Gasteiger partial charge < -0.3 is 30.7 Å². The molecule has 5 rings (SSSR count). The molecule has 12 heteroatoms. The van der Waals surface area contributed by atoms with Gasteiger partial charge in [0.2, 0.25) is 5.91 Å². The number of para-hydroxylation sites is 1. The Kier molecular flexibility index (Phi) is 13.0. The van der Waals surface area contributed by atoms with Gasteiger partial charge in [0, 0.05) is 61.3 Å². The van der Waals surface area contributed by atoms with Crippen molar-refractivity contribution in [1.29, 1.82) is 0 Å². The zero-order valence-electron chi connectivity index (χ0n) is 30.6. The number of fused-ring (bicyclic) bond motifs is 1. The van der Waals surface area contributed by atoms with E-state index >= 15 is 0 Å². The van der Waals surface area contributed by atoms with Crippen LogP contribution in [0.5, 0.6) is 0 Å². The number of rotatable bonds is 17. The number of nitrogens with one attached hydrogen (secondary N) is 3. The Hall–Kier alpha value is -6.27. The molecule has 0 spiro atoms. The Bertz CT molecular complexity index is 2120. The molecule has 0 saturated carbocycles. The molecule has 4 aromatic carbocycles. The van der Waals surface area contributed by atoms with Gasteiger partial charge in [-0.1, -0.05) is 68.4 Å². The third kappa shape index (κ3) is 9.78. The van der Waals surface area contributed by atoms with Gasteiger partial charge in [-0.3, -0.25) is 24.1 Å². The third-order valence-corrected chi connectivity index (χ3v) is 9.51. The van der Waals surface area contributed by atoms with Crippen LogP contribution in [0.1, 0.15) is 76.2 Å². The van der Waals surface area contributed by atoms with Crippen LogP contribution in [0.3, 0.4) is 0 Å². The molecule has 1 heterocycles. The van der Waals surface area contributed by atoms with E-state index in [0.717, 1.165) is 29.5 Å². The molecule has 0 atom stereocenters. The Morgan fingerprint density at radius 2 is 1.39 bits per heavy atom. The molecular formula is C42H45N5O7. The molecule has 280 valence electrons. The molecule has 0 unspecified atom stereocenters. The van der Waals surface area contributed by atoms with Gasteiger partial charge in [0.15, 0.2) is 0 Å². The molecule has 1 aromatic heterocycles. The minimum absolute atomic E-state index is 0.0467. The number of carbonyl (C=O) groups excluding carboxylic acids is 3. The van der Waals surface area contributed by atoms with Gasteiger partial charge in [0.1, 0.15) is 5.82 Å². The van der Waals surface area contributed by atoms with Gasteiger partial charge in [-0.05, 0) is 72.0 Å². The van der Waals surface area contributed by atoms with Crippen molar-refractivity contribution in [3.63, 3.8) is 0 Å². The number of amides is 3. The average molecular weight is 732 g/mol. The van der Waals surface area contributed by atoms with E-state index in [-0.39, 0.29) is 41.7 Å². The summed E-state index contributed by atoms with van der Waals surface area (Å²) in [4.78, 5) is 69.2. The number of carbonyl (C=O) groups is 5. The molecule has 0 aliphatic carbocycles. The molecule has 0 aliphatic rings. The number of aromatic carboxylic acids is 1. The first-order chi connectivity index (χ1) is 26.0. The highest BCUT2D eigenvalue weighted by molar-refractivity contribution is 6.19. The van der Waals surface area contributed by atoms with E-state index in [9.17, 15) is 29.1 Å². The fraction of sp³-hybridized carbons (Fsp3) is 0.262. The highest BCUT2D eigenvalue weighted by Crippen LogP contribution is 2.29. The molecule has 0 radical (unpaired) electrons. The number of aromatic amines is 1. The summed E-state index contributed by atoms with van der Waals surface area (Å²) in [7, 11) is 1.68. The first-order valence-corrected chi connectivity index (χ1v) is 17.9. The number of carboxylic acids is 2. The van der Waals surface area contributed by atoms with Crippen molar-refractivity contribution < 1.29 is 34.2 Å². The fourth-order valence-corrected chi connectivity index (χ4v) is 6.45. The minimum atomic E-state index is -1.00. The number of hydrogen-bond donors (Lipinski definition) is 5. The van der Waals surface area contributed by atoms with Crippen molar-refractivity contribution in [3.8, 4) is 11.1 Å². The van der Waals surface area contributed by atoms with Crippen LogP contribution in [0.25, 0.3) is 22.0 Å². The summed E-state index contributed by atoms with van der Waals surface area (Å²) >= 11 is 0. The van der Waals surface area contributed by atoms with Crippen molar-refractivity contribution in [1.82, 2.24) is 14.8 Å². The van der Waals surface area contributed by atoms with E-state index in [1.807, 2.05) is 54.6 Å². The maximum Gasteiger partial charge on any atom is 0.335 e. The normalized spacial score (nSPS) is 11.1. The van der Waals surface area contributed by atoms with E-state index in [0.29, 0.717) is 41.8 Å². The molecule has 54 heavy (non-hydrogen) atoms. The molecule has 5 N–H and O–H groups in total. The monoisotopic (exact) mass is 731 g/mol. The van der Waals surface area contributed by atoms with Gasteiger partial charge >= 0.3 is 11.9 Å². The summed E-state index contributed by atoms with van der Waals surface area (Å²) in [5, 5.41) is 24.6. The van der Waals surface area contributed by atoms with E-state index in [4.69, 9.17) is 5.11 Å². The number of carboxylic acid groups (broad SMARTS) is 2. The number of aliphatic carboxylic acids is 1. The third-order valence-electron chi connectivity index (χ3n) is 9.51. The lowest BCUT2D eigenvalue weighted by Gasteiger charge is -2.32. The maximum absolute atomic E-state index is 13.8. The van der Waals surface area contributed by atoms with Crippen molar-refractivity contribution >= 4 is 52.1 Å². The Morgan fingerprint density at radius 1 is 0.722 bits per heavy atom. The van der Waals surface area contributed by atoms with Gasteiger partial charge in [0.25, 0.3) is 11.8 Å². The quantitative estimate of drug-likeness (QED) is 0.0661. The van der Waals surface area contributed by atoms with Crippen LogP contribution in [-0.4, -0.2) is 80.8 Å². The fourth-order valence-electron chi connectivity index (χ4n) is 6.45. The number of likely N-dealkylation sites (N-methyl/N-ethyl adjacent to an activating group) is 1. The second-order valence-electron chi connectivity index (χ2n) is 13.1. The first kappa shape index (κ1) is 38.9. The number of nitrogens with zero attached hydrogens (tertiary/aromatic N) is 2. The lowest BCUT2D eigenvalue weighted by atomic mass is 10.0. The maximum atomic E-state index is 13.8. The Balaban J connectivity index is 1.30. The molecule has 0 bridgehead atoms. The first-order valence-electron chi connectivity index (χ1n) is 17.9. The SMILES string of the molecule is CCC(CC)N(CCN(C)C(=O)CCC(=O)O)Cc1cccc(C(=O)Nc2[nH]c3ccccc3c2C(=O)Nc2ccc(-c3ccc(C(=O)O)cc3)cc2)c1. The average Bonchev–Trinajstić information content (AvgIpc) is 3.54. The van der Waals surface area contributed by atoms with Crippen LogP contribution in [0.4, 0.5) is 11.5 Å². The molecule has 0 aliphatic heterocycles. The molecular weight excluding hydrogens is 686 g/mol. The van der Waals surface area contributed by atoms with Crippen LogP contribution < -0.4 is 10.6 Å². The summed E-state index contributed by atoms with van der Waals surface area (Å²) in [6.45, 7) is 5.78. The van der Waals surface area contributed by atoms with Gasteiger partial charge in [0.05, 0.1) is 17.5 Å². The molecule has 12 nitrogen and oxygen atoms in total. The Labute approximate surface area is 313 Å². The molecule has 0 saturated heterocycles. The number of H-pyrrole nitrogens is 1. The zero-order chi connectivity index (χ0) is 38.8. The van der Waals surface area contributed by atoms with E-state index in [1.165, 1.54) is 0 Å². The lowest BCUT2D eigenvalue weighted by molar-refractivity contribution is -0.140. The molecule has 3 amide bonds. The number of aromatic nitrogens is 1. The zero-order valence-corrected chi connectivity index (χ0v) is 30.6. The Morgan fingerprint density at radius 3 is 2.04 bits per heavy atom. The van der Waals surface area contributed by atoms with Gasteiger partial charge in [-0.25, -0.2) is 4.79 Å². The number of benzene rings is 4. The lowest BCUT2D eigenvalue weighted by Crippen LogP contribution is -2.41. The highest BCUT2D eigenvalue weighted by Gasteiger charge is 2.22. The predicted octanol–water partition coefficient (Wildman–Crippen LogP) is 7.35. The minimum Gasteiger partial charge on any atom is -0.481 e. The van der Waals surface area contributed by atoms with Crippen molar-refractivity contribution in [2.24, 2.45) is 0 Å². The molecule has 0 fully saturated rings. The number of hydrogen-bond acceptors (Lipinski definition) is 6. The second kappa shape index (κ2) is 18.0. The van der Waals surface area contributed by atoms with Crippen LogP contribution in [0.15, 0.2) is 97.1 Å².